The van der Waals surface area contributed by atoms with Gasteiger partial charge in [0.05, 0.1) is 7.11 Å². The molecule has 2 aromatic carbocycles. The molecule has 2 heterocycles. The largest absolute Gasteiger partial charge is 0.497 e. The van der Waals surface area contributed by atoms with E-state index in [-0.39, 0.29) is 5.91 Å². The van der Waals surface area contributed by atoms with Crippen LogP contribution < -0.4 is 4.74 Å². The summed E-state index contributed by atoms with van der Waals surface area (Å²) in [7, 11) is 3.28. The molecule has 0 spiro atoms. The molecule has 2 aromatic heterocycles. The van der Waals surface area contributed by atoms with E-state index in [9.17, 15) is 9.18 Å². The fourth-order valence-corrected chi connectivity index (χ4v) is 3.13. The van der Waals surface area contributed by atoms with Gasteiger partial charge < -0.3 is 19.1 Å². The van der Waals surface area contributed by atoms with Crippen LogP contribution >= 0.6 is 0 Å². The number of fused-ring (bicyclic) bond motifs is 1. The number of aryl methyl sites for hydroxylation is 1. The summed E-state index contributed by atoms with van der Waals surface area (Å²) in [6, 6.07) is 12.1. The number of likely N-dealkylation sites (N-methyl/N-ethyl adjacent to an activating group) is 1. The van der Waals surface area contributed by atoms with Crippen LogP contribution in [0.1, 0.15) is 21.7 Å². The van der Waals surface area contributed by atoms with Gasteiger partial charge in [-0.15, -0.1) is 0 Å². The molecule has 4 aromatic rings. The Balaban J connectivity index is 1.43. The first-order valence-electron chi connectivity index (χ1n) is 9.46. The van der Waals surface area contributed by atoms with Gasteiger partial charge in [0, 0.05) is 42.5 Å². The fourth-order valence-electron chi connectivity index (χ4n) is 3.13. The van der Waals surface area contributed by atoms with Crippen molar-refractivity contribution in [1.82, 2.24) is 20.0 Å². The minimum absolute atomic E-state index is 0.262. The first-order valence-corrected chi connectivity index (χ1v) is 9.46. The minimum atomic E-state index is -0.395. The second kappa shape index (κ2) is 7.98. The number of nitrogens with one attached hydrogen (secondary N) is 1. The predicted octanol–water partition coefficient (Wildman–Crippen LogP) is 3.99. The lowest BCUT2D eigenvalue weighted by Gasteiger charge is -2.16. The van der Waals surface area contributed by atoms with Crippen LogP contribution in [0.5, 0.6) is 5.75 Å². The zero-order valence-electron chi connectivity index (χ0n) is 16.9. The normalized spacial score (nSPS) is 11.1. The van der Waals surface area contributed by atoms with Crippen LogP contribution in [-0.4, -0.2) is 46.6 Å². The highest BCUT2D eigenvalue weighted by Gasteiger charge is 2.16. The lowest BCUT2D eigenvalue weighted by molar-refractivity contribution is 0.0795. The number of H-pyrrole nitrogens is 1. The van der Waals surface area contributed by atoms with Gasteiger partial charge in [-0.2, -0.15) is 4.98 Å². The maximum absolute atomic E-state index is 13.7. The number of benzene rings is 2. The summed E-state index contributed by atoms with van der Waals surface area (Å²) in [5, 5.41) is 5.00. The maximum Gasteiger partial charge on any atom is 0.274 e. The molecular weight excluding hydrogens is 387 g/mol. The smallest absolute Gasteiger partial charge is 0.274 e. The fraction of sp³-hybridized carbons (Fsp3) is 0.227. The van der Waals surface area contributed by atoms with Gasteiger partial charge in [0.15, 0.2) is 5.82 Å². The number of methoxy groups -OCH3 is 1. The Kier molecular flexibility index (Phi) is 5.22. The van der Waals surface area contributed by atoms with E-state index in [4.69, 9.17) is 9.26 Å². The molecule has 0 atom stereocenters. The number of carbonyl (C=O) groups is 1. The van der Waals surface area contributed by atoms with Gasteiger partial charge in [-0.3, -0.25) is 4.79 Å². The second-order valence-electron chi connectivity index (χ2n) is 7.09. The average molecular weight is 408 g/mol. The van der Waals surface area contributed by atoms with Gasteiger partial charge in [0.1, 0.15) is 17.3 Å². The Morgan fingerprint density at radius 2 is 2.07 bits per heavy atom. The maximum atomic E-state index is 13.7. The van der Waals surface area contributed by atoms with Crippen molar-refractivity contribution in [3.63, 3.8) is 0 Å². The SMILES string of the molecule is COc1ccc2cc(-c3nc(CCN(C)C(=O)c4ccc(C)c(F)c4)no3)[nH]c2c1. The standard InChI is InChI=1S/C22H21FN4O3/c1-13-4-5-15(10-17(13)23)22(28)27(2)9-8-20-25-21(30-26-20)19-11-14-6-7-16(29-3)12-18(14)24-19/h4-7,10-12,24H,8-9H2,1-3H3. The average Bonchev–Trinajstić information content (AvgIpc) is 3.39. The van der Waals surface area contributed by atoms with E-state index < -0.39 is 5.82 Å². The molecule has 0 aliphatic rings. The van der Waals surface area contributed by atoms with Crippen molar-refractivity contribution in [2.24, 2.45) is 0 Å². The van der Waals surface area contributed by atoms with Gasteiger partial charge in [-0.1, -0.05) is 11.2 Å². The summed E-state index contributed by atoms with van der Waals surface area (Å²) < 4.78 is 24.3. The summed E-state index contributed by atoms with van der Waals surface area (Å²) in [6.07, 6.45) is 0.411. The summed E-state index contributed by atoms with van der Waals surface area (Å²) in [6.45, 7) is 2.03. The highest BCUT2D eigenvalue weighted by molar-refractivity contribution is 5.94. The Hall–Kier alpha value is -3.68. The molecule has 0 saturated heterocycles. The minimum Gasteiger partial charge on any atom is -0.497 e. The summed E-state index contributed by atoms with van der Waals surface area (Å²) in [4.78, 5) is 21.6. The molecule has 0 fully saturated rings. The van der Waals surface area contributed by atoms with E-state index >= 15 is 0 Å². The molecule has 7 nitrogen and oxygen atoms in total. The van der Waals surface area contributed by atoms with E-state index in [1.165, 1.54) is 11.0 Å². The molecule has 1 amide bonds. The number of aromatic nitrogens is 3. The molecule has 0 aliphatic heterocycles. The highest BCUT2D eigenvalue weighted by Crippen LogP contribution is 2.26. The first-order chi connectivity index (χ1) is 14.4. The number of halogens is 1. The molecule has 1 N–H and O–H groups in total. The number of hydrogen-bond donors (Lipinski definition) is 1. The van der Waals surface area contributed by atoms with Crippen molar-refractivity contribution >= 4 is 16.8 Å². The molecule has 0 unspecified atom stereocenters. The number of rotatable bonds is 6. The van der Waals surface area contributed by atoms with Crippen molar-refractivity contribution in [2.45, 2.75) is 13.3 Å². The molecule has 0 radical (unpaired) electrons. The van der Waals surface area contributed by atoms with Crippen molar-refractivity contribution in [3.8, 4) is 17.3 Å². The van der Waals surface area contributed by atoms with E-state index in [0.29, 0.717) is 41.5 Å². The van der Waals surface area contributed by atoms with Gasteiger partial charge in [-0.25, -0.2) is 4.39 Å². The Bertz CT molecular complexity index is 1210. The van der Waals surface area contributed by atoms with Crippen LogP contribution in [0.25, 0.3) is 22.5 Å². The van der Waals surface area contributed by atoms with Gasteiger partial charge in [0.25, 0.3) is 11.8 Å². The van der Waals surface area contributed by atoms with Crippen molar-refractivity contribution in [1.29, 1.82) is 0 Å². The van der Waals surface area contributed by atoms with Crippen molar-refractivity contribution in [2.75, 3.05) is 20.7 Å². The third-order valence-corrected chi connectivity index (χ3v) is 4.96. The van der Waals surface area contributed by atoms with Crippen LogP contribution in [0.2, 0.25) is 0 Å². The lowest BCUT2D eigenvalue weighted by atomic mass is 10.1. The summed E-state index contributed by atoms with van der Waals surface area (Å²) in [5.74, 6) is 0.948. The summed E-state index contributed by atoms with van der Waals surface area (Å²) in [5.41, 5.74) is 2.42. The van der Waals surface area contributed by atoms with Crippen molar-refractivity contribution in [3.05, 3.63) is 65.2 Å². The van der Waals surface area contributed by atoms with Crippen LogP contribution in [0.15, 0.2) is 47.0 Å². The number of aromatic amines is 1. The number of amides is 1. The topological polar surface area (TPSA) is 84.2 Å². The van der Waals surface area contributed by atoms with Crippen LogP contribution in [0, 0.1) is 12.7 Å². The third-order valence-electron chi connectivity index (χ3n) is 4.96. The third kappa shape index (κ3) is 3.89. The predicted molar refractivity (Wildman–Crippen MR) is 110 cm³/mol. The quantitative estimate of drug-likeness (QED) is 0.522. The van der Waals surface area contributed by atoms with E-state index in [1.807, 2.05) is 24.3 Å². The van der Waals surface area contributed by atoms with Gasteiger partial charge in [-0.05, 0) is 42.8 Å². The molecular formula is C22H21FN4O3. The van der Waals surface area contributed by atoms with Crippen LogP contribution in [-0.2, 0) is 6.42 Å². The Morgan fingerprint density at radius 1 is 1.23 bits per heavy atom. The summed E-state index contributed by atoms with van der Waals surface area (Å²) >= 11 is 0. The number of carbonyl (C=O) groups excluding carboxylic acids is 1. The molecule has 0 bridgehead atoms. The van der Waals surface area contributed by atoms with Crippen LogP contribution in [0.3, 0.4) is 0 Å². The molecule has 0 aliphatic carbocycles. The van der Waals surface area contributed by atoms with Gasteiger partial charge in [0.2, 0.25) is 0 Å². The number of hydrogen-bond acceptors (Lipinski definition) is 5. The monoisotopic (exact) mass is 408 g/mol. The Morgan fingerprint density at radius 3 is 2.83 bits per heavy atom. The zero-order valence-corrected chi connectivity index (χ0v) is 16.9. The number of nitrogens with zero attached hydrogens (tertiary/aromatic N) is 3. The van der Waals surface area contributed by atoms with E-state index in [1.54, 1.807) is 33.2 Å². The molecule has 30 heavy (non-hydrogen) atoms. The van der Waals surface area contributed by atoms with E-state index in [0.717, 1.165) is 16.7 Å². The molecule has 0 saturated carbocycles. The number of ether oxygens (including phenoxy) is 1. The van der Waals surface area contributed by atoms with E-state index in [2.05, 4.69) is 15.1 Å². The first kappa shape index (κ1) is 19.6. The molecule has 8 heteroatoms. The lowest BCUT2D eigenvalue weighted by Crippen LogP contribution is -2.29. The highest BCUT2D eigenvalue weighted by atomic mass is 19.1. The zero-order chi connectivity index (χ0) is 21.3. The molecule has 4 rings (SSSR count). The second-order valence-corrected chi connectivity index (χ2v) is 7.09. The van der Waals surface area contributed by atoms with Crippen LogP contribution in [0.4, 0.5) is 4.39 Å². The van der Waals surface area contributed by atoms with Crippen molar-refractivity contribution < 1.29 is 18.4 Å². The Labute approximate surface area is 172 Å². The molecule has 154 valence electrons. The van der Waals surface area contributed by atoms with Gasteiger partial charge >= 0.3 is 0 Å².